The summed E-state index contributed by atoms with van der Waals surface area (Å²) in [6.45, 7) is 3.77. The van der Waals surface area contributed by atoms with Crippen LogP contribution >= 0.6 is 0 Å². The van der Waals surface area contributed by atoms with Gasteiger partial charge in [-0.1, -0.05) is 24.3 Å². The Labute approximate surface area is 153 Å². The largest absolute Gasteiger partial charge is 0.379 e. The molecule has 1 amide bonds. The Balaban J connectivity index is 1.53. The van der Waals surface area contributed by atoms with Gasteiger partial charge in [-0.05, 0) is 42.4 Å². The van der Waals surface area contributed by atoms with E-state index in [2.05, 4.69) is 11.9 Å². The lowest BCUT2D eigenvalue weighted by atomic mass is 10.0. The molecule has 2 aromatic rings. The van der Waals surface area contributed by atoms with E-state index >= 15 is 0 Å². The van der Waals surface area contributed by atoms with Crippen molar-refractivity contribution in [3.63, 3.8) is 0 Å². The van der Waals surface area contributed by atoms with Crippen LogP contribution < -0.4 is 0 Å². The maximum atomic E-state index is 13.4. The molecule has 5 heteroatoms. The fourth-order valence-electron chi connectivity index (χ4n) is 3.87. The van der Waals surface area contributed by atoms with Crippen LogP contribution in [0.2, 0.25) is 0 Å². The third-order valence-corrected chi connectivity index (χ3v) is 5.32. The van der Waals surface area contributed by atoms with Gasteiger partial charge in [0.15, 0.2) is 0 Å². The number of fused-ring (bicyclic) bond motifs is 3. The number of ether oxygens (including phenoxy) is 1. The van der Waals surface area contributed by atoms with Crippen LogP contribution in [-0.4, -0.2) is 61.6 Å². The predicted octanol–water partition coefficient (Wildman–Crippen LogP) is 2.90. The van der Waals surface area contributed by atoms with Crippen LogP contribution in [-0.2, 0) is 4.74 Å². The summed E-state index contributed by atoms with van der Waals surface area (Å²) in [5.41, 5.74) is 2.39. The molecule has 26 heavy (non-hydrogen) atoms. The van der Waals surface area contributed by atoms with Crippen molar-refractivity contribution in [2.45, 2.75) is 6.04 Å². The highest BCUT2D eigenvalue weighted by Gasteiger charge is 2.33. The van der Waals surface area contributed by atoms with E-state index in [9.17, 15) is 9.18 Å². The first kappa shape index (κ1) is 17.2. The summed E-state index contributed by atoms with van der Waals surface area (Å²) < 4.78 is 19.1. The number of carbonyl (C=O) groups excluding carboxylic acids is 1. The number of hydrogen-bond acceptors (Lipinski definition) is 3. The average molecular weight is 354 g/mol. The van der Waals surface area contributed by atoms with Crippen LogP contribution in [0.4, 0.5) is 4.39 Å². The van der Waals surface area contributed by atoms with E-state index in [1.165, 1.54) is 12.1 Å². The second-order valence-electron chi connectivity index (χ2n) is 7.29. The van der Waals surface area contributed by atoms with Gasteiger partial charge >= 0.3 is 0 Å². The van der Waals surface area contributed by atoms with Crippen molar-refractivity contribution in [2.24, 2.45) is 5.92 Å². The Morgan fingerprint density at radius 1 is 1.04 bits per heavy atom. The molecule has 0 N–H and O–H groups in total. The Morgan fingerprint density at radius 3 is 2.62 bits per heavy atom. The first-order valence-corrected chi connectivity index (χ1v) is 9.03. The number of likely N-dealkylation sites (N-methyl/N-ethyl adjacent to an activating group) is 1. The van der Waals surface area contributed by atoms with Gasteiger partial charge in [-0.2, -0.15) is 0 Å². The molecule has 0 spiro atoms. The number of carbonyl (C=O) groups is 1. The number of benzene rings is 2. The van der Waals surface area contributed by atoms with Gasteiger partial charge in [0.2, 0.25) is 0 Å². The zero-order valence-corrected chi connectivity index (χ0v) is 14.9. The Hall–Kier alpha value is -2.24. The number of rotatable bonds is 2. The molecule has 136 valence electrons. The lowest BCUT2D eigenvalue weighted by Crippen LogP contribution is -2.44. The minimum atomic E-state index is -0.259. The molecular formula is C21H23FN2O2. The molecule has 0 radical (unpaired) electrons. The van der Waals surface area contributed by atoms with Gasteiger partial charge in [0.25, 0.3) is 5.91 Å². The second kappa shape index (κ2) is 7.17. The summed E-state index contributed by atoms with van der Waals surface area (Å²) >= 11 is 0. The highest BCUT2D eigenvalue weighted by atomic mass is 19.1. The van der Waals surface area contributed by atoms with Crippen LogP contribution in [0, 0.1) is 11.7 Å². The normalized spacial score (nSPS) is 23.5. The van der Waals surface area contributed by atoms with Crippen molar-refractivity contribution < 1.29 is 13.9 Å². The maximum absolute atomic E-state index is 13.4. The molecule has 2 bridgehead atoms. The highest BCUT2D eigenvalue weighted by Crippen LogP contribution is 2.23. The third-order valence-electron chi connectivity index (χ3n) is 5.32. The van der Waals surface area contributed by atoms with E-state index in [0.29, 0.717) is 31.2 Å². The van der Waals surface area contributed by atoms with Crippen LogP contribution in [0.1, 0.15) is 10.4 Å². The molecule has 0 aromatic heterocycles. The molecule has 2 aliphatic heterocycles. The highest BCUT2D eigenvalue weighted by molar-refractivity contribution is 5.94. The molecule has 2 aliphatic rings. The predicted molar refractivity (Wildman–Crippen MR) is 98.5 cm³/mol. The van der Waals surface area contributed by atoms with Gasteiger partial charge in [-0.3, -0.25) is 9.69 Å². The first-order chi connectivity index (χ1) is 12.6. The van der Waals surface area contributed by atoms with Crippen molar-refractivity contribution in [3.8, 4) is 11.1 Å². The third kappa shape index (κ3) is 3.50. The molecule has 2 fully saturated rings. The molecule has 0 unspecified atom stereocenters. The summed E-state index contributed by atoms with van der Waals surface area (Å²) in [5, 5.41) is 0. The number of nitrogens with zero attached hydrogens (tertiary/aromatic N) is 2. The molecule has 2 heterocycles. The topological polar surface area (TPSA) is 32.8 Å². The first-order valence-electron chi connectivity index (χ1n) is 9.03. The summed E-state index contributed by atoms with van der Waals surface area (Å²) in [7, 11) is 2.11. The van der Waals surface area contributed by atoms with Crippen molar-refractivity contribution in [2.75, 3.05) is 39.9 Å². The van der Waals surface area contributed by atoms with Gasteiger partial charge in [0.05, 0.1) is 19.3 Å². The maximum Gasteiger partial charge on any atom is 0.253 e. The van der Waals surface area contributed by atoms with Crippen LogP contribution in [0.3, 0.4) is 0 Å². The molecule has 4 rings (SSSR count). The van der Waals surface area contributed by atoms with E-state index in [4.69, 9.17) is 4.74 Å². The number of hydrogen-bond donors (Lipinski definition) is 0. The number of halogens is 1. The quantitative estimate of drug-likeness (QED) is 0.831. The molecular weight excluding hydrogens is 331 g/mol. The van der Waals surface area contributed by atoms with Crippen molar-refractivity contribution in [3.05, 3.63) is 59.9 Å². The van der Waals surface area contributed by atoms with E-state index in [0.717, 1.165) is 24.2 Å². The molecule has 4 nitrogen and oxygen atoms in total. The molecule has 2 atom stereocenters. The van der Waals surface area contributed by atoms with Crippen LogP contribution in [0.25, 0.3) is 11.1 Å². The van der Waals surface area contributed by atoms with Crippen molar-refractivity contribution in [1.29, 1.82) is 0 Å². The molecule has 2 aromatic carbocycles. The van der Waals surface area contributed by atoms with Crippen molar-refractivity contribution in [1.82, 2.24) is 9.80 Å². The minimum Gasteiger partial charge on any atom is -0.379 e. The summed E-state index contributed by atoms with van der Waals surface area (Å²) in [6.07, 6.45) is 0. The second-order valence-corrected chi connectivity index (χ2v) is 7.29. The van der Waals surface area contributed by atoms with E-state index in [1.807, 2.05) is 35.2 Å². The Kier molecular flexibility index (Phi) is 4.74. The summed E-state index contributed by atoms with van der Waals surface area (Å²) in [6, 6.07) is 14.2. The van der Waals surface area contributed by atoms with Gasteiger partial charge in [0.1, 0.15) is 5.82 Å². The molecule has 0 saturated carbocycles. The average Bonchev–Trinajstić information content (AvgIpc) is 2.90. The summed E-state index contributed by atoms with van der Waals surface area (Å²) in [4.78, 5) is 17.3. The lowest BCUT2D eigenvalue weighted by molar-refractivity contribution is 0.0434. The zero-order chi connectivity index (χ0) is 18.1. The monoisotopic (exact) mass is 354 g/mol. The van der Waals surface area contributed by atoms with Gasteiger partial charge < -0.3 is 9.64 Å². The molecule has 2 saturated heterocycles. The molecule has 0 aliphatic carbocycles. The number of amides is 1. The van der Waals surface area contributed by atoms with Crippen molar-refractivity contribution >= 4 is 5.91 Å². The van der Waals surface area contributed by atoms with Gasteiger partial charge in [0, 0.05) is 31.1 Å². The van der Waals surface area contributed by atoms with E-state index in [1.54, 1.807) is 6.07 Å². The standard InChI is InChI=1S/C21H23FN2O2/c1-23-10-15-11-24(12-20(23)14-26-13-15)21(25)17-7-5-16(6-8-17)18-3-2-4-19(22)9-18/h2-9,15,20H,10-14H2,1H3/t15-,20+/m1/s1. The van der Waals surface area contributed by atoms with E-state index in [-0.39, 0.29) is 17.8 Å². The zero-order valence-electron chi connectivity index (χ0n) is 14.9. The fourth-order valence-corrected chi connectivity index (χ4v) is 3.87. The summed E-state index contributed by atoms with van der Waals surface area (Å²) in [5.74, 6) is 0.149. The lowest BCUT2D eigenvalue weighted by Gasteiger charge is -2.29. The minimum absolute atomic E-state index is 0.0583. The van der Waals surface area contributed by atoms with Crippen LogP contribution in [0.5, 0.6) is 0 Å². The fraction of sp³-hybridized carbons (Fsp3) is 0.381. The Bertz CT molecular complexity index is 793. The Morgan fingerprint density at radius 2 is 1.85 bits per heavy atom. The smallest absolute Gasteiger partial charge is 0.253 e. The van der Waals surface area contributed by atoms with Gasteiger partial charge in [-0.25, -0.2) is 4.39 Å². The van der Waals surface area contributed by atoms with Crippen LogP contribution in [0.15, 0.2) is 48.5 Å². The van der Waals surface area contributed by atoms with E-state index < -0.39 is 0 Å². The SMILES string of the molecule is CN1C[C@H]2COC[C@@H]1CN(C(=O)c1ccc(-c3cccc(F)c3)cc1)C2. The van der Waals surface area contributed by atoms with Gasteiger partial charge in [-0.15, -0.1) is 0 Å².